The Morgan fingerprint density at radius 1 is 1.25 bits per heavy atom. The van der Waals surface area contributed by atoms with E-state index in [1.54, 1.807) is 19.1 Å². The van der Waals surface area contributed by atoms with Gasteiger partial charge in [-0.15, -0.1) is 0 Å². The molecule has 2 nitrogen and oxygen atoms in total. The van der Waals surface area contributed by atoms with E-state index in [9.17, 15) is 9.90 Å². The minimum Gasteiger partial charge on any atom is -0.508 e. The van der Waals surface area contributed by atoms with E-state index in [0.717, 1.165) is 18.4 Å². The summed E-state index contributed by atoms with van der Waals surface area (Å²) in [5, 5.41) is 9.86. The van der Waals surface area contributed by atoms with Gasteiger partial charge in [-0.2, -0.15) is 0 Å². The lowest BCUT2D eigenvalue weighted by molar-refractivity contribution is 0.101. The molecule has 0 amide bonds. The van der Waals surface area contributed by atoms with E-state index >= 15 is 0 Å². The van der Waals surface area contributed by atoms with Crippen molar-refractivity contribution >= 4 is 5.78 Å². The van der Waals surface area contributed by atoms with Gasteiger partial charge in [-0.05, 0) is 49.4 Å². The van der Waals surface area contributed by atoms with E-state index in [-0.39, 0.29) is 5.78 Å². The molecule has 0 heterocycles. The maximum Gasteiger partial charge on any atom is 0.159 e. The third kappa shape index (κ3) is 2.26. The molecule has 0 aliphatic heterocycles. The van der Waals surface area contributed by atoms with E-state index in [0.29, 0.717) is 17.2 Å². The summed E-state index contributed by atoms with van der Waals surface area (Å²) >= 11 is 0. The molecule has 1 N–H and O–H groups in total. The molecular weight excluding hydrogens is 200 g/mol. The fourth-order valence-corrected chi connectivity index (χ4v) is 2.51. The molecule has 2 rings (SSSR count). The number of carbonyl (C=O) groups is 1. The summed E-state index contributed by atoms with van der Waals surface area (Å²) in [7, 11) is 0. The van der Waals surface area contributed by atoms with Crippen molar-refractivity contribution in [2.24, 2.45) is 0 Å². The lowest BCUT2D eigenvalue weighted by Crippen LogP contribution is -2.06. The number of Topliss-reactive ketones (excluding diaryl/α,β-unsaturated/α-hetero) is 1. The normalized spacial score (nSPS) is 17.3. The zero-order valence-electron chi connectivity index (χ0n) is 9.70. The summed E-state index contributed by atoms with van der Waals surface area (Å²) in [4.78, 5) is 11.3. The van der Waals surface area contributed by atoms with Gasteiger partial charge in [0, 0.05) is 5.56 Å². The molecule has 1 aromatic rings. The molecule has 0 unspecified atom stereocenters. The molecule has 1 aromatic carbocycles. The highest BCUT2D eigenvalue weighted by atomic mass is 16.3. The van der Waals surface area contributed by atoms with E-state index in [2.05, 4.69) is 0 Å². The molecule has 2 heteroatoms. The van der Waals surface area contributed by atoms with Crippen LogP contribution in [0.5, 0.6) is 5.75 Å². The molecule has 1 aliphatic rings. The second-order valence-corrected chi connectivity index (χ2v) is 4.66. The fourth-order valence-electron chi connectivity index (χ4n) is 2.51. The summed E-state index contributed by atoms with van der Waals surface area (Å²) in [5.74, 6) is 0.849. The standard InChI is InChI=1S/C14H18O2/c1-10(15)12-7-8-14(16)13(9-12)11-5-3-2-4-6-11/h7-9,11,16H,2-6H2,1H3. The first-order chi connectivity index (χ1) is 7.68. The van der Waals surface area contributed by atoms with Crippen LogP contribution in [-0.2, 0) is 0 Å². The molecule has 86 valence electrons. The molecule has 0 atom stereocenters. The largest absolute Gasteiger partial charge is 0.508 e. The molecule has 1 aliphatic carbocycles. The number of ketones is 1. The van der Waals surface area contributed by atoms with E-state index in [1.807, 2.05) is 6.07 Å². The number of carbonyl (C=O) groups excluding carboxylic acids is 1. The summed E-state index contributed by atoms with van der Waals surface area (Å²) in [6.07, 6.45) is 6.02. The number of benzene rings is 1. The Bertz CT molecular complexity index is 390. The van der Waals surface area contributed by atoms with Gasteiger partial charge in [-0.3, -0.25) is 4.79 Å². The monoisotopic (exact) mass is 218 g/mol. The van der Waals surface area contributed by atoms with Gasteiger partial charge in [-0.1, -0.05) is 19.3 Å². The van der Waals surface area contributed by atoms with Gasteiger partial charge in [-0.25, -0.2) is 0 Å². The van der Waals surface area contributed by atoms with Crippen molar-refractivity contribution in [3.8, 4) is 5.75 Å². The van der Waals surface area contributed by atoms with E-state index in [1.165, 1.54) is 19.3 Å². The molecular formula is C14H18O2. The average Bonchev–Trinajstić information content (AvgIpc) is 2.30. The summed E-state index contributed by atoms with van der Waals surface area (Å²) in [6.45, 7) is 1.57. The van der Waals surface area contributed by atoms with Crippen molar-refractivity contribution in [2.75, 3.05) is 0 Å². The average molecular weight is 218 g/mol. The van der Waals surface area contributed by atoms with Crippen LogP contribution in [0.15, 0.2) is 18.2 Å². The van der Waals surface area contributed by atoms with Crippen LogP contribution >= 0.6 is 0 Å². The molecule has 1 saturated carbocycles. The Hall–Kier alpha value is -1.31. The van der Waals surface area contributed by atoms with Gasteiger partial charge >= 0.3 is 0 Å². The van der Waals surface area contributed by atoms with Gasteiger partial charge in [0.05, 0.1) is 0 Å². The molecule has 0 radical (unpaired) electrons. The molecule has 0 saturated heterocycles. The summed E-state index contributed by atoms with van der Waals surface area (Å²) in [6, 6.07) is 5.22. The van der Waals surface area contributed by atoms with Gasteiger partial charge in [0.1, 0.15) is 5.75 Å². The molecule has 1 fully saturated rings. The predicted octanol–water partition coefficient (Wildman–Crippen LogP) is 3.64. The van der Waals surface area contributed by atoms with Crippen LogP contribution in [0.3, 0.4) is 0 Å². The Kier molecular flexibility index (Phi) is 3.28. The maximum atomic E-state index is 11.3. The first-order valence-corrected chi connectivity index (χ1v) is 6.02. The summed E-state index contributed by atoms with van der Waals surface area (Å²) < 4.78 is 0. The Balaban J connectivity index is 2.30. The maximum absolute atomic E-state index is 11.3. The number of hydrogen-bond acceptors (Lipinski definition) is 2. The van der Waals surface area contributed by atoms with Crippen LogP contribution in [0.1, 0.15) is 60.9 Å². The lowest BCUT2D eigenvalue weighted by Gasteiger charge is -2.23. The first kappa shape index (κ1) is 11.2. The number of phenols is 1. The van der Waals surface area contributed by atoms with Gasteiger partial charge in [0.25, 0.3) is 0 Å². The van der Waals surface area contributed by atoms with Crippen LogP contribution in [0.4, 0.5) is 0 Å². The highest BCUT2D eigenvalue weighted by Crippen LogP contribution is 2.37. The van der Waals surface area contributed by atoms with Crippen LogP contribution in [0.2, 0.25) is 0 Å². The Morgan fingerprint density at radius 3 is 2.56 bits per heavy atom. The Labute approximate surface area is 96.3 Å². The van der Waals surface area contributed by atoms with E-state index in [4.69, 9.17) is 0 Å². The van der Waals surface area contributed by atoms with Crippen molar-refractivity contribution in [2.45, 2.75) is 44.9 Å². The van der Waals surface area contributed by atoms with Crippen molar-refractivity contribution in [3.63, 3.8) is 0 Å². The predicted molar refractivity (Wildman–Crippen MR) is 63.9 cm³/mol. The smallest absolute Gasteiger partial charge is 0.159 e. The van der Waals surface area contributed by atoms with Crippen LogP contribution < -0.4 is 0 Å². The molecule has 0 aromatic heterocycles. The number of aromatic hydroxyl groups is 1. The van der Waals surface area contributed by atoms with Gasteiger partial charge < -0.3 is 5.11 Å². The number of phenolic OH excluding ortho intramolecular Hbond substituents is 1. The topological polar surface area (TPSA) is 37.3 Å². The second-order valence-electron chi connectivity index (χ2n) is 4.66. The third-order valence-corrected chi connectivity index (χ3v) is 3.48. The lowest BCUT2D eigenvalue weighted by atomic mass is 9.83. The molecule has 16 heavy (non-hydrogen) atoms. The van der Waals surface area contributed by atoms with Gasteiger partial charge in [0.2, 0.25) is 0 Å². The quantitative estimate of drug-likeness (QED) is 0.769. The number of hydrogen-bond donors (Lipinski definition) is 1. The fraction of sp³-hybridized carbons (Fsp3) is 0.500. The minimum absolute atomic E-state index is 0.0667. The zero-order chi connectivity index (χ0) is 11.5. The van der Waals surface area contributed by atoms with Crippen LogP contribution in [0, 0.1) is 0 Å². The highest BCUT2D eigenvalue weighted by molar-refractivity contribution is 5.94. The van der Waals surface area contributed by atoms with Crippen molar-refractivity contribution in [1.29, 1.82) is 0 Å². The highest BCUT2D eigenvalue weighted by Gasteiger charge is 2.19. The SMILES string of the molecule is CC(=O)c1ccc(O)c(C2CCCCC2)c1. The summed E-state index contributed by atoms with van der Waals surface area (Å²) in [5.41, 5.74) is 1.67. The van der Waals surface area contributed by atoms with Crippen molar-refractivity contribution in [1.82, 2.24) is 0 Å². The van der Waals surface area contributed by atoms with Crippen LogP contribution in [-0.4, -0.2) is 10.9 Å². The molecule has 0 spiro atoms. The zero-order valence-corrected chi connectivity index (χ0v) is 9.70. The van der Waals surface area contributed by atoms with E-state index < -0.39 is 0 Å². The van der Waals surface area contributed by atoms with Gasteiger partial charge in [0.15, 0.2) is 5.78 Å². The second kappa shape index (κ2) is 4.69. The van der Waals surface area contributed by atoms with Crippen molar-refractivity contribution in [3.05, 3.63) is 29.3 Å². The minimum atomic E-state index is 0.0667. The third-order valence-electron chi connectivity index (χ3n) is 3.48. The van der Waals surface area contributed by atoms with Crippen molar-refractivity contribution < 1.29 is 9.90 Å². The Morgan fingerprint density at radius 2 is 1.94 bits per heavy atom. The molecule has 0 bridgehead atoms. The van der Waals surface area contributed by atoms with Crippen LogP contribution in [0.25, 0.3) is 0 Å². The number of rotatable bonds is 2. The first-order valence-electron chi connectivity index (χ1n) is 6.02.